The van der Waals surface area contributed by atoms with Gasteiger partial charge in [0.25, 0.3) is 0 Å². The maximum absolute atomic E-state index is 10.1. The van der Waals surface area contributed by atoms with Gasteiger partial charge in [-0.1, -0.05) is 13.3 Å². The van der Waals surface area contributed by atoms with Gasteiger partial charge in [-0.15, -0.1) is 0 Å². The highest BCUT2D eigenvalue weighted by molar-refractivity contribution is 5.64. The molecule has 0 aromatic heterocycles. The maximum atomic E-state index is 10.1. The van der Waals surface area contributed by atoms with Crippen molar-refractivity contribution < 1.29 is 4.79 Å². The summed E-state index contributed by atoms with van der Waals surface area (Å²) in [5.74, 6) is 0. The van der Waals surface area contributed by atoms with Gasteiger partial charge >= 0.3 is 0 Å². The average molecular weight is 141 g/mol. The Bertz CT molecular complexity index is 110. The van der Waals surface area contributed by atoms with Crippen molar-refractivity contribution in [3.63, 3.8) is 0 Å². The standard InChI is InChI=1S/C8H15NO/c1-3-4-5-6-9-8(2)7-10/h6-8H,3-5H2,1-2H3. The molecule has 58 valence electrons. The number of rotatable bonds is 5. The first-order valence-electron chi connectivity index (χ1n) is 3.78. The van der Waals surface area contributed by atoms with E-state index < -0.39 is 0 Å². The van der Waals surface area contributed by atoms with Crippen LogP contribution in [0.3, 0.4) is 0 Å². The second kappa shape index (κ2) is 6.46. The fourth-order valence-corrected chi connectivity index (χ4v) is 0.571. The number of aldehydes is 1. The van der Waals surface area contributed by atoms with Crippen LogP contribution < -0.4 is 0 Å². The first-order chi connectivity index (χ1) is 4.81. The Kier molecular flexibility index (Phi) is 6.03. The van der Waals surface area contributed by atoms with Gasteiger partial charge in [-0.25, -0.2) is 0 Å². The number of nitrogens with zero attached hydrogens (tertiary/aromatic N) is 1. The lowest BCUT2D eigenvalue weighted by molar-refractivity contribution is -0.108. The van der Waals surface area contributed by atoms with Crippen LogP contribution in [0.4, 0.5) is 0 Å². The molecular weight excluding hydrogens is 126 g/mol. The molecule has 0 aliphatic heterocycles. The minimum atomic E-state index is -0.156. The van der Waals surface area contributed by atoms with Gasteiger partial charge < -0.3 is 4.79 Å². The minimum Gasteiger partial charge on any atom is -0.301 e. The average Bonchev–Trinajstić information content (AvgIpc) is 1.98. The second-order valence-corrected chi connectivity index (χ2v) is 2.35. The van der Waals surface area contributed by atoms with Crippen LogP contribution in [0.5, 0.6) is 0 Å². The van der Waals surface area contributed by atoms with E-state index in [0.717, 1.165) is 19.1 Å². The summed E-state index contributed by atoms with van der Waals surface area (Å²) in [7, 11) is 0. The molecule has 0 saturated carbocycles. The second-order valence-electron chi connectivity index (χ2n) is 2.35. The maximum Gasteiger partial charge on any atom is 0.144 e. The summed E-state index contributed by atoms with van der Waals surface area (Å²) >= 11 is 0. The van der Waals surface area contributed by atoms with E-state index in [1.807, 2.05) is 6.21 Å². The lowest BCUT2D eigenvalue weighted by Crippen LogP contribution is -1.98. The predicted molar refractivity (Wildman–Crippen MR) is 43.5 cm³/mol. The Labute approximate surface area is 62.4 Å². The highest BCUT2D eigenvalue weighted by atomic mass is 16.1. The van der Waals surface area contributed by atoms with Gasteiger partial charge in [-0.05, 0) is 26.0 Å². The van der Waals surface area contributed by atoms with Crippen molar-refractivity contribution in [1.82, 2.24) is 0 Å². The van der Waals surface area contributed by atoms with Gasteiger partial charge in [-0.3, -0.25) is 4.99 Å². The molecule has 2 heteroatoms. The smallest absolute Gasteiger partial charge is 0.144 e. The monoisotopic (exact) mass is 141 g/mol. The van der Waals surface area contributed by atoms with Gasteiger partial charge in [0.05, 0.1) is 0 Å². The van der Waals surface area contributed by atoms with Crippen molar-refractivity contribution in [1.29, 1.82) is 0 Å². The Morgan fingerprint density at radius 3 is 2.80 bits per heavy atom. The summed E-state index contributed by atoms with van der Waals surface area (Å²) in [6.45, 7) is 3.92. The Hall–Kier alpha value is -0.660. The number of carbonyl (C=O) groups excluding carboxylic acids is 1. The van der Waals surface area contributed by atoms with Gasteiger partial charge in [0.2, 0.25) is 0 Å². The van der Waals surface area contributed by atoms with Gasteiger partial charge in [0, 0.05) is 0 Å². The van der Waals surface area contributed by atoms with Crippen LogP contribution in [0.2, 0.25) is 0 Å². The third kappa shape index (κ3) is 5.48. The largest absolute Gasteiger partial charge is 0.301 e. The molecule has 0 rings (SSSR count). The molecule has 0 N–H and O–H groups in total. The quantitative estimate of drug-likeness (QED) is 0.326. The number of aliphatic imine (C=N–C) groups is 1. The van der Waals surface area contributed by atoms with Crippen LogP contribution in [0.25, 0.3) is 0 Å². The molecule has 0 aromatic carbocycles. The summed E-state index contributed by atoms with van der Waals surface area (Å²) in [5.41, 5.74) is 0. The van der Waals surface area contributed by atoms with E-state index in [-0.39, 0.29) is 6.04 Å². The third-order valence-electron chi connectivity index (χ3n) is 1.22. The molecule has 0 aliphatic carbocycles. The summed E-state index contributed by atoms with van der Waals surface area (Å²) in [6, 6.07) is -0.156. The van der Waals surface area contributed by atoms with E-state index in [1.54, 1.807) is 6.92 Å². The fraction of sp³-hybridized carbons (Fsp3) is 0.750. The molecule has 0 aliphatic rings. The fourth-order valence-electron chi connectivity index (χ4n) is 0.571. The number of hydrogen-bond acceptors (Lipinski definition) is 2. The SMILES string of the molecule is CCCCC=NC(C)C=O. The van der Waals surface area contributed by atoms with Gasteiger partial charge in [-0.2, -0.15) is 0 Å². The van der Waals surface area contributed by atoms with E-state index >= 15 is 0 Å². The van der Waals surface area contributed by atoms with E-state index in [0.29, 0.717) is 0 Å². The summed E-state index contributed by atoms with van der Waals surface area (Å²) in [5, 5.41) is 0. The molecule has 1 unspecified atom stereocenters. The lowest BCUT2D eigenvalue weighted by atomic mass is 10.3. The van der Waals surface area contributed by atoms with Crippen molar-refractivity contribution in [2.75, 3.05) is 0 Å². The molecule has 0 amide bonds. The third-order valence-corrected chi connectivity index (χ3v) is 1.22. The molecule has 2 nitrogen and oxygen atoms in total. The van der Waals surface area contributed by atoms with E-state index in [1.165, 1.54) is 6.42 Å². The van der Waals surface area contributed by atoms with Crippen molar-refractivity contribution in [2.45, 2.75) is 39.2 Å². The van der Waals surface area contributed by atoms with Crippen molar-refractivity contribution >= 4 is 12.5 Å². The molecule has 0 spiro atoms. The predicted octanol–water partition coefficient (Wildman–Crippen LogP) is 1.83. The zero-order chi connectivity index (χ0) is 7.82. The van der Waals surface area contributed by atoms with Crippen LogP contribution >= 0.6 is 0 Å². The van der Waals surface area contributed by atoms with Crippen LogP contribution in [0.1, 0.15) is 33.1 Å². The van der Waals surface area contributed by atoms with Crippen molar-refractivity contribution in [2.24, 2.45) is 4.99 Å². The van der Waals surface area contributed by atoms with Gasteiger partial charge in [0.15, 0.2) is 0 Å². The zero-order valence-electron chi connectivity index (χ0n) is 6.71. The van der Waals surface area contributed by atoms with Crippen molar-refractivity contribution in [3.8, 4) is 0 Å². The normalized spacial score (nSPS) is 13.8. The van der Waals surface area contributed by atoms with Crippen LogP contribution in [-0.4, -0.2) is 18.5 Å². The van der Waals surface area contributed by atoms with E-state index in [9.17, 15) is 4.79 Å². The Morgan fingerprint density at radius 2 is 2.30 bits per heavy atom. The first kappa shape index (κ1) is 9.34. The Balaban J connectivity index is 3.26. The molecule has 0 aromatic rings. The highest BCUT2D eigenvalue weighted by Crippen LogP contribution is 1.91. The highest BCUT2D eigenvalue weighted by Gasteiger charge is 1.89. The molecule has 0 heterocycles. The van der Waals surface area contributed by atoms with Gasteiger partial charge in [0.1, 0.15) is 12.3 Å². The molecule has 0 bridgehead atoms. The molecule has 0 saturated heterocycles. The molecule has 0 fully saturated rings. The van der Waals surface area contributed by atoms with E-state index in [4.69, 9.17) is 0 Å². The zero-order valence-corrected chi connectivity index (χ0v) is 6.71. The first-order valence-corrected chi connectivity index (χ1v) is 3.78. The Morgan fingerprint density at radius 1 is 1.60 bits per heavy atom. The molecule has 0 radical (unpaired) electrons. The van der Waals surface area contributed by atoms with Crippen LogP contribution in [-0.2, 0) is 4.79 Å². The molecular formula is C8H15NO. The number of hydrogen-bond donors (Lipinski definition) is 0. The number of carbonyl (C=O) groups is 1. The summed E-state index contributed by atoms with van der Waals surface area (Å²) in [6.07, 6.45) is 6.02. The van der Waals surface area contributed by atoms with Crippen LogP contribution in [0, 0.1) is 0 Å². The topological polar surface area (TPSA) is 29.4 Å². The van der Waals surface area contributed by atoms with E-state index in [2.05, 4.69) is 11.9 Å². The van der Waals surface area contributed by atoms with Crippen LogP contribution in [0.15, 0.2) is 4.99 Å². The van der Waals surface area contributed by atoms with Crippen molar-refractivity contribution in [3.05, 3.63) is 0 Å². The summed E-state index contributed by atoms with van der Waals surface area (Å²) in [4.78, 5) is 14.0. The summed E-state index contributed by atoms with van der Waals surface area (Å²) < 4.78 is 0. The lowest BCUT2D eigenvalue weighted by Gasteiger charge is -1.92. The molecule has 10 heavy (non-hydrogen) atoms. The molecule has 1 atom stereocenters. The number of unbranched alkanes of at least 4 members (excludes halogenated alkanes) is 2. The minimum absolute atomic E-state index is 0.156.